The monoisotopic (exact) mass is 614 g/mol. The molecule has 3 aromatic heterocycles. The zero-order valence-corrected chi connectivity index (χ0v) is 25.0. The standard InChI is InChI=1S/C32H28Cl2N6O3/c1-40-16-19(17-41)25-15-36-30(39-31(25)40)24-8-4-6-22(29(24)34)21-5-3-7-23(28(21)33)26-11-9-18(32(38-26)43-2)13-35-14-20-10-12-27(42)37-20/h3-9,11,15-17,20,35H,10,12-14H2,1-2H3,(H,37,42). The Labute approximate surface area is 258 Å². The molecule has 6 rings (SSSR count). The first-order valence-corrected chi connectivity index (χ1v) is 14.5. The van der Waals surface area contributed by atoms with Crippen molar-refractivity contribution >= 4 is 46.4 Å². The summed E-state index contributed by atoms with van der Waals surface area (Å²) in [5.41, 5.74) is 5.56. The third-order valence-corrected chi connectivity index (χ3v) is 8.42. The molecule has 0 spiro atoms. The number of pyridine rings is 1. The van der Waals surface area contributed by atoms with Crippen LogP contribution in [0.2, 0.25) is 10.0 Å². The Balaban J connectivity index is 1.30. The van der Waals surface area contributed by atoms with Crippen LogP contribution in [-0.2, 0) is 18.4 Å². The van der Waals surface area contributed by atoms with E-state index in [-0.39, 0.29) is 11.9 Å². The van der Waals surface area contributed by atoms with Crippen LogP contribution in [0.25, 0.3) is 44.8 Å². The van der Waals surface area contributed by atoms with Gasteiger partial charge in [0.15, 0.2) is 12.1 Å². The zero-order chi connectivity index (χ0) is 30.1. The molecule has 1 saturated heterocycles. The number of fused-ring (bicyclic) bond motifs is 1. The van der Waals surface area contributed by atoms with E-state index in [0.717, 1.165) is 35.0 Å². The smallest absolute Gasteiger partial charge is 0.220 e. The number of amides is 1. The molecule has 1 unspecified atom stereocenters. The maximum atomic E-state index is 11.5. The van der Waals surface area contributed by atoms with E-state index in [1.54, 1.807) is 24.1 Å². The normalized spacial score (nSPS) is 14.7. The van der Waals surface area contributed by atoms with Crippen molar-refractivity contribution in [3.8, 4) is 39.7 Å². The van der Waals surface area contributed by atoms with Crippen LogP contribution in [0.5, 0.6) is 5.88 Å². The maximum Gasteiger partial charge on any atom is 0.220 e. The first-order chi connectivity index (χ1) is 20.9. The van der Waals surface area contributed by atoms with Crippen molar-refractivity contribution in [3.63, 3.8) is 0 Å². The van der Waals surface area contributed by atoms with Gasteiger partial charge in [-0.1, -0.05) is 59.6 Å². The molecule has 2 N–H and O–H groups in total. The lowest BCUT2D eigenvalue weighted by Crippen LogP contribution is -2.35. The van der Waals surface area contributed by atoms with Crippen LogP contribution in [0.4, 0.5) is 0 Å². The lowest BCUT2D eigenvalue weighted by atomic mass is 9.99. The molecule has 1 amide bonds. The molecular weight excluding hydrogens is 587 g/mol. The number of ether oxygens (including phenoxy) is 1. The number of halogens is 2. The highest BCUT2D eigenvalue weighted by Gasteiger charge is 2.21. The molecule has 43 heavy (non-hydrogen) atoms. The van der Waals surface area contributed by atoms with E-state index in [1.807, 2.05) is 55.6 Å². The second kappa shape index (κ2) is 12.1. The van der Waals surface area contributed by atoms with Gasteiger partial charge in [-0.3, -0.25) is 9.59 Å². The largest absolute Gasteiger partial charge is 0.481 e. The summed E-state index contributed by atoms with van der Waals surface area (Å²) in [5.74, 6) is 1.03. The van der Waals surface area contributed by atoms with Gasteiger partial charge in [0.1, 0.15) is 5.65 Å². The van der Waals surface area contributed by atoms with Crippen molar-refractivity contribution in [1.82, 2.24) is 30.2 Å². The topological polar surface area (TPSA) is 111 Å². The van der Waals surface area contributed by atoms with Crippen LogP contribution in [0.1, 0.15) is 28.8 Å². The molecular formula is C32H28Cl2N6O3. The molecule has 1 aliphatic rings. The number of aldehydes is 1. The first-order valence-electron chi connectivity index (χ1n) is 13.8. The zero-order valence-electron chi connectivity index (χ0n) is 23.5. The Morgan fingerprint density at radius 3 is 2.47 bits per heavy atom. The van der Waals surface area contributed by atoms with Gasteiger partial charge in [0.05, 0.1) is 22.8 Å². The van der Waals surface area contributed by atoms with Crippen molar-refractivity contribution in [3.05, 3.63) is 82.1 Å². The molecule has 2 aromatic carbocycles. The predicted molar refractivity (Wildman–Crippen MR) is 167 cm³/mol. The highest BCUT2D eigenvalue weighted by atomic mass is 35.5. The lowest BCUT2D eigenvalue weighted by molar-refractivity contribution is -0.119. The molecule has 0 aliphatic carbocycles. The van der Waals surface area contributed by atoms with Crippen LogP contribution < -0.4 is 15.4 Å². The van der Waals surface area contributed by atoms with Crippen LogP contribution in [0, 0.1) is 0 Å². The van der Waals surface area contributed by atoms with Crippen molar-refractivity contribution in [2.75, 3.05) is 13.7 Å². The number of hydrogen-bond donors (Lipinski definition) is 2. The number of carbonyl (C=O) groups excluding carboxylic acids is 2. The van der Waals surface area contributed by atoms with Gasteiger partial charge >= 0.3 is 0 Å². The summed E-state index contributed by atoms with van der Waals surface area (Å²) in [6.07, 6.45) is 5.56. The number of methoxy groups -OCH3 is 1. The molecule has 1 atom stereocenters. The van der Waals surface area contributed by atoms with Crippen molar-refractivity contribution in [2.24, 2.45) is 7.05 Å². The fourth-order valence-corrected chi connectivity index (χ4v) is 6.04. The van der Waals surface area contributed by atoms with E-state index in [9.17, 15) is 9.59 Å². The average Bonchev–Trinajstić information content (AvgIpc) is 3.59. The molecule has 0 radical (unpaired) electrons. The minimum Gasteiger partial charge on any atom is -0.481 e. The molecule has 218 valence electrons. The quantitative estimate of drug-likeness (QED) is 0.200. The number of hydrogen-bond acceptors (Lipinski definition) is 7. The van der Waals surface area contributed by atoms with Gasteiger partial charge in [-0.2, -0.15) is 0 Å². The Hall–Kier alpha value is -4.31. The molecule has 1 fully saturated rings. The van der Waals surface area contributed by atoms with Crippen molar-refractivity contribution in [2.45, 2.75) is 25.4 Å². The molecule has 11 heteroatoms. The number of aromatic nitrogens is 4. The summed E-state index contributed by atoms with van der Waals surface area (Å²) in [5, 5.41) is 7.97. The van der Waals surface area contributed by atoms with Gasteiger partial charge in [-0.25, -0.2) is 15.0 Å². The van der Waals surface area contributed by atoms with E-state index in [4.69, 9.17) is 37.9 Å². The molecule has 0 bridgehead atoms. The number of nitrogens with zero attached hydrogens (tertiary/aromatic N) is 4. The van der Waals surface area contributed by atoms with Gasteiger partial charge in [0.25, 0.3) is 0 Å². The minimum absolute atomic E-state index is 0.0960. The van der Waals surface area contributed by atoms with Crippen LogP contribution >= 0.6 is 23.2 Å². The Morgan fingerprint density at radius 1 is 1.05 bits per heavy atom. The van der Waals surface area contributed by atoms with Crippen LogP contribution in [0.15, 0.2) is 60.9 Å². The lowest BCUT2D eigenvalue weighted by Gasteiger charge is -2.15. The molecule has 5 aromatic rings. The van der Waals surface area contributed by atoms with Crippen LogP contribution in [0.3, 0.4) is 0 Å². The summed E-state index contributed by atoms with van der Waals surface area (Å²) in [6.45, 7) is 1.22. The molecule has 0 saturated carbocycles. The molecule has 9 nitrogen and oxygen atoms in total. The van der Waals surface area contributed by atoms with E-state index in [0.29, 0.717) is 69.1 Å². The van der Waals surface area contributed by atoms with Gasteiger partial charge in [-0.05, 0) is 18.6 Å². The summed E-state index contributed by atoms with van der Waals surface area (Å²) in [4.78, 5) is 36.9. The second-order valence-electron chi connectivity index (χ2n) is 10.4. The molecule has 4 heterocycles. The number of carbonyl (C=O) groups is 2. The predicted octanol–water partition coefficient (Wildman–Crippen LogP) is 5.86. The molecule has 1 aliphatic heterocycles. The van der Waals surface area contributed by atoms with E-state index in [1.165, 1.54) is 0 Å². The van der Waals surface area contributed by atoms with E-state index >= 15 is 0 Å². The van der Waals surface area contributed by atoms with Gasteiger partial charge < -0.3 is 19.9 Å². The third-order valence-electron chi connectivity index (χ3n) is 7.60. The van der Waals surface area contributed by atoms with Crippen molar-refractivity contribution < 1.29 is 14.3 Å². The summed E-state index contributed by atoms with van der Waals surface area (Å²) >= 11 is 14.0. The second-order valence-corrected chi connectivity index (χ2v) is 11.1. The van der Waals surface area contributed by atoms with Crippen LogP contribution in [-0.4, -0.2) is 51.4 Å². The number of nitrogens with one attached hydrogen (secondary N) is 2. The summed E-state index contributed by atoms with van der Waals surface area (Å²) < 4.78 is 7.40. The number of rotatable bonds is 9. The maximum absolute atomic E-state index is 11.5. The fraction of sp³-hybridized carbons (Fsp3) is 0.219. The number of aryl methyl sites for hydroxylation is 1. The highest BCUT2D eigenvalue weighted by molar-refractivity contribution is 6.39. The Kier molecular flexibility index (Phi) is 8.12. The highest BCUT2D eigenvalue weighted by Crippen LogP contribution is 2.42. The number of benzene rings is 2. The Bertz CT molecular complexity index is 1870. The fourth-order valence-electron chi connectivity index (χ4n) is 5.40. The van der Waals surface area contributed by atoms with Crippen molar-refractivity contribution in [1.29, 1.82) is 0 Å². The van der Waals surface area contributed by atoms with E-state index in [2.05, 4.69) is 15.6 Å². The van der Waals surface area contributed by atoms with Gasteiger partial charge in [0, 0.05) is 83.8 Å². The van der Waals surface area contributed by atoms with Gasteiger partial charge in [-0.15, -0.1) is 0 Å². The average molecular weight is 616 g/mol. The first kappa shape index (κ1) is 28.8. The SMILES string of the molecule is COc1nc(-c2cccc(-c3cccc(-c4ncc5c(C=O)cn(C)c5n4)c3Cl)c2Cl)ccc1CNCC1CCC(=O)N1. The third kappa shape index (κ3) is 5.59. The summed E-state index contributed by atoms with van der Waals surface area (Å²) in [7, 11) is 3.42. The van der Waals surface area contributed by atoms with E-state index < -0.39 is 0 Å². The van der Waals surface area contributed by atoms with Gasteiger partial charge in [0.2, 0.25) is 11.8 Å². The summed E-state index contributed by atoms with van der Waals surface area (Å²) in [6, 6.07) is 15.4. The Morgan fingerprint density at radius 2 is 1.77 bits per heavy atom. The minimum atomic E-state index is 0.0960.